The molecule has 0 bridgehead atoms. The van der Waals surface area contributed by atoms with Gasteiger partial charge in [-0.3, -0.25) is 10.1 Å². The van der Waals surface area contributed by atoms with E-state index >= 15 is 0 Å². The van der Waals surface area contributed by atoms with Gasteiger partial charge in [0.25, 0.3) is 5.91 Å². The molecule has 0 aliphatic heterocycles. The van der Waals surface area contributed by atoms with Gasteiger partial charge in [0.2, 0.25) is 5.95 Å². The number of rotatable bonds is 5. The fourth-order valence-electron chi connectivity index (χ4n) is 1.55. The number of anilines is 2. The van der Waals surface area contributed by atoms with Crippen LogP contribution in [-0.4, -0.2) is 27.7 Å². The highest BCUT2D eigenvalue weighted by atomic mass is 16.5. The average molecular weight is 273 g/mol. The molecule has 0 saturated carbocycles. The number of hydrogen-bond acceptors (Lipinski definition) is 5. The molecule has 0 aliphatic carbocycles. The van der Waals surface area contributed by atoms with Crippen LogP contribution in [0.1, 0.15) is 12.5 Å². The van der Waals surface area contributed by atoms with Gasteiger partial charge in [0.15, 0.2) is 0 Å². The van der Waals surface area contributed by atoms with E-state index < -0.39 is 0 Å². The van der Waals surface area contributed by atoms with Gasteiger partial charge >= 0.3 is 0 Å². The van der Waals surface area contributed by atoms with Crippen molar-refractivity contribution in [2.45, 2.75) is 6.92 Å². The molecular formula is C13H15N5O2. The zero-order valence-electron chi connectivity index (χ0n) is 11.0. The Balaban J connectivity index is 2.00. The average Bonchev–Trinajstić information content (AvgIpc) is 2.92. The van der Waals surface area contributed by atoms with E-state index in [1.807, 2.05) is 13.0 Å². The van der Waals surface area contributed by atoms with E-state index in [-0.39, 0.29) is 5.91 Å². The number of amides is 1. The molecule has 4 N–H and O–H groups in total. The molecule has 0 spiro atoms. The van der Waals surface area contributed by atoms with Crippen LogP contribution in [-0.2, 0) is 4.79 Å². The van der Waals surface area contributed by atoms with E-state index in [2.05, 4.69) is 20.5 Å². The Hall–Kier alpha value is -2.83. The van der Waals surface area contributed by atoms with Crippen LogP contribution in [0.4, 0.5) is 11.6 Å². The number of aromatic amines is 1. The number of aromatic nitrogens is 3. The smallest absolute Gasteiger partial charge is 0.250 e. The molecule has 0 aliphatic rings. The molecule has 1 aromatic heterocycles. The summed E-state index contributed by atoms with van der Waals surface area (Å²) in [6.07, 6.45) is 4.35. The molecule has 7 heteroatoms. The molecule has 0 fully saturated rings. The Morgan fingerprint density at radius 1 is 1.55 bits per heavy atom. The molecule has 2 aromatic rings. The monoisotopic (exact) mass is 273 g/mol. The van der Waals surface area contributed by atoms with Gasteiger partial charge in [-0.15, -0.1) is 0 Å². The molecule has 7 nitrogen and oxygen atoms in total. The highest BCUT2D eigenvalue weighted by Gasteiger charge is 2.01. The number of nitrogen functional groups attached to an aromatic ring is 1. The molecule has 0 saturated heterocycles. The maximum absolute atomic E-state index is 11.6. The number of ether oxygens (including phenoxy) is 1. The summed E-state index contributed by atoms with van der Waals surface area (Å²) in [5, 5.41) is 8.69. The molecule has 1 amide bonds. The maximum atomic E-state index is 11.6. The van der Waals surface area contributed by atoms with E-state index in [4.69, 9.17) is 10.5 Å². The van der Waals surface area contributed by atoms with Gasteiger partial charge in [0, 0.05) is 6.08 Å². The molecular weight excluding hydrogens is 258 g/mol. The van der Waals surface area contributed by atoms with Crippen LogP contribution in [0.25, 0.3) is 6.08 Å². The summed E-state index contributed by atoms with van der Waals surface area (Å²) < 4.78 is 5.34. The lowest BCUT2D eigenvalue weighted by Crippen LogP contribution is -2.09. The Morgan fingerprint density at radius 2 is 2.40 bits per heavy atom. The summed E-state index contributed by atoms with van der Waals surface area (Å²) in [6, 6.07) is 5.33. The van der Waals surface area contributed by atoms with Crippen LogP contribution >= 0.6 is 0 Å². The number of hydrogen-bond donors (Lipinski definition) is 3. The van der Waals surface area contributed by atoms with E-state index in [9.17, 15) is 4.79 Å². The van der Waals surface area contributed by atoms with Gasteiger partial charge in [-0.25, -0.2) is 5.10 Å². The summed E-state index contributed by atoms with van der Waals surface area (Å²) in [5.41, 5.74) is 7.18. The standard InChI is InChI=1S/C13H15N5O2/c1-2-20-11-5-3-9(7-10(11)14)4-6-12(19)17-13-15-8-16-18-13/h3-8H,2,14H2,1H3,(H2,15,16,17,18,19)/b6-4-. The largest absolute Gasteiger partial charge is 0.492 e. The van der Waals surface area contributed by atoms with Crippen LogP contribution in [0.2, 0.25) is 0 Å². The van der Waals surface area contributed by atoms with Crippen molar-refractivity contribution >= 4 is 23.6 Å². The molecule has 0 atom stereocenters. The van der Waals surface area contributed by atoms with E-state index in [0.717, 1.165) is 5.56 Å². The van der Waals surface area contributed by atoms with Crippen LogP contribution in [0.5, 0.6) is 5.75 Å². The minimum atomic E-state index is -0.311. The molecule has 0 radical (unpaired) electrons. The third-order valence-electron chi connectivity index (χ3n) is 2.42. The molecule has 2 rings (SSSR count). The predicted octanol–water partition coefficient (Wildman–Crippen LogP) is 1.44. The number of carbonyl (C=O) groups is 1. The van der Waals surface area contributed by atoms with Gasteiger partial charge < -0.3 is 10.5 Å². The minimum Gasteiger partial charge on any atom is -0.492 e. The van der Waals surface area contributed by atoms with Gasteiger partial charge in [-0.2, -0.15) is 10.1 Å². The Bertz CT molecular complexity index is 607. The summed E-state index contributed by atoms with van der Waals surface area (Å²) in [5.74, 6) is 0.621. The van der Waals surface area contributed by atoms with Crippen molar-refractivity contribution in [1.82, 2.24) is 15.2 Å². The van der Waals surface area contributed by atoms with Crippen molar-refractivity contribution in [3.8, 4) is 5.75 Å². The van der Waals surface area contributed by atoms with E-state index in [1.54, 1.807) is 18.2 Å². The summed E-state index contributed by atoms with van der Waals surface area (Å²) in [7, 11) is 0. The fraction of sp³-hybridized carbons (Fsp3) is 0.154. The van der Waals surface area contributed by atoms with Crippen LogP contribution in [0.3, 0.4) is 0 Å². The van der Waals surface area contributed by atoms with Crippen LogP contribution in [0.15, 0.2) is 30.6 Å². The number of nitrogens with two attached hydrogens (primary N) is 1. The molecule has 1 heterocycles. The lowest BCUT2D eigenvalue weighted by atomic mass is 10.1. The normalized spacial score (nSPS) is 10.7. The van der Waals surface area contributed by atoms with Crippen molar-refractivity contribution < 1.29 is 9.53 Å². The van der Waals surface area contributed by atoms with Crippen molar-refractivity contribution in [3.05, 3.63) is 36.2 Å². The Labute approximate surface area is 115 Å². The zero-order chi connectivity index (χ0) is 14.4. The first-order chi connectivity index (χ1) is 9.69. The second-order valence-electron chi connectivity index (χ2n) is 3.89. The third kappa shape index (κ3) is 3.58. The van der Waals surface area contributed by atoms with Crippen molar-refractivity contribution in [2.75, 3.05) is 17.7 Å². The maximum Gasteiger partial charge on any atom is 0.250 e. The lowest BCUT2D eigenvalue weighted by molar-refractivity contribution is -0.111. The number of nitrogens with one attached hydrogen (secondary N) is 2. The number of carbonyl (C=O) groups excluding carboxylic acids is 1. The first-order valence-electron chi connectivity index (χ1n) is 6.06. The van der Waals surface area contributed by atoms with Crippen molar-refractivity contribution in [2.24, 2.45) is 0 Å². The van der Waals surface area contributed by atoms with E-state index in [0.29, 0.717) is 24.0 Å². The fourth-order valence-corrected chi connectivity index (χ4v) is 1.55. The van der Waals surface area contributed by atoms with Crippen LogP contribution in [0, 0.1) is 0 Å². The lowest BCUT2D eigenvalue weighted by Gasteiger charge is -2.06. The Morgan fingerprint density at radius 3 is 3.05 bits per heavy atom. The number of benzene rings is 1. The van der Waals surface area contributed by atoms with Crippen LogP contribution < -0.4 is 15.8 Å². The number of H-pyrrole nitrogens is 1. The Kier molecular flexibility index (Phi) is 4.33. The first-order valence-corrected chi connectivity index (χ1v) is 6.06. The highest BCUT2D eigenvalue weighted by molar-refractivity contribution is 6.00. The third-order valence-corrected chi connectivity index (χ3v) is 2.42. The summed E-state index contributed by atoms with van der Waals surface area (Å²) in [4.78, 5) is 15.4. The van der Waals surface area contributed by atoms with Crippen molar-refractivity contribution in [1.29, 1.82) is 0 Å². The van der Waals surface area contributed by atoms with Gasteiger partial charge in [0.1, 0.15) is 12.1 Å². The highest BCUT2D eigenvalue weighted by Crippen LogP contribution is 2.23. The van der Waals surface area contributed by atoms with Gasteiger partial charge in [0.05, 0.1) is 12.3 Å². The van der Waals surface area contributed by atoms with Gasteiger partial charge in [-0.05, 0) is 30.7 Å². The second kappa shape index (κ2) is 6.37. The predicted molar refractivity (Wildman–Crippen MR) is 76.1 cm³/mol. The first kappa shape index (κ1) is 13.6. The molecule has 0 unspecified atom stereocenters. The zero-order valence-corrected chi connectivity index (χ0v) is 11.0. The quantitative estimate of drug-likeness (QED) is 0.564. The number of nitrogens with zero attached hydrogens (tertiary/aromatic N) is 2. The molecule has 1 aromatic carbocycles. The molecule has 20 heavy (non-hydrogen) atoms. The SMILES string of the molecule is CCOc1ccc(/C=C\C(=O)Nc2ncn[nH]2)cc1N. The van der Waals surface area contributed by atoms with Crippen molar-refractivity contribution in [3.63, 3.8) is 0 Å². The van der Waals surface area contributed by atoms with E-state index in [1.165, 1.54) is 12.4 Å². The summed E-state index contributed by atoms with van der Waals surface area (Å²) >= 11 is 0. The van der Waals surface area contributed by atoms with Gasteiger partial charge in [-0.1, -0.05) is 6.07 Å². The topological polar surface area (TPSA) is 106 Å². The minimum absolute atomic E-state index is 0.297. The second-order valence-corrected chi connectivity index (χ2v) is 3.89. The summed E-state index contributed by atoms with van der Waals surface area (Å²) in [6.45, 7) is 2.44. The molecule has 104 valence electrons.